The van der Waals surface area contributed by atoms with E-state index >= 15 is 0 Å². The summed E-state index contributed by atoms with van der Waals surface area (Å²) in [5.41, 5.74) is 1.22. The Labute approximate surface area is 129 Å². The highest BCUT2D eigenvalue weighted by atomic mass is 32.2. The fourth-order valence-electron chi connectivity index (χ4n) is 3.16. The van der Waals surface area contributed by atoms with Gasteiger partial charge in [-0.15, -0.1) is 0 Å². The Morgan fingerprint density at radius 2 is 1.67 bits per heavy atom. The molecule has 2 atom stereocenters. The summed E-state index contributed by atoms with van der Waals surface area (Å²) in [6.07, 6.45) is 4.44. The van der Waals surface area contributed by atoms with E-state index in [9.17, 15) is 8.42 Å². The molecule has 1 aliphatic rings. The Kier molecular flexibility index (Phi) is 5.44. The minimum Gasteiger partial charge on any atom is -0.207 e. The second kappa shape index (κ2) is 6.93. The molecule has 2 unspecified atom stereocenters. The molecule has 0 radical (unpaired) electrons. The van der Waals surface area contributed by atoms with E-state index in [0.717, 1.165) is 25.7 Å². The molecule has 118 valence electrons. The van der Waals surface area contributed by atoms with Crippen molar-refractivity contribution in [2.45, 2.75) is 51.3 Å². The van der Waals surface area contributed by atoms with Crippen molar-refractivity contribution in [1.82, 2.24) is 4.31 Å². The third-order valence-corrected chi connectivity index (χ3v) is 6.06. The van der Waals surface area contributed by atoms with Gasteiger partial charge >= 0.3 is 0 Å². The van der Waals surface area contributed by atoms with Crippen molar-refractivity contribution < 1.29 is 8.42 Å². The van der Waals surface area contributed by atoms with Crippen LogP contribution in [0.2, 0.25) is 0 Å². The number of nitrogens with zero attached hydrogens (tertiary/aromatic N) is 1. The highest BCUT2D eigenvalue weighted by molar-refractivity contribution is 7.89. The zero-order valence-corrected chi connectivity index (χ0v) is 14.2. The number of piperidine rings is 1. The monoisotopic (exact) mass is 309 g/mol. The smallest absolute Gasteiger partial charge is 0.207 e. The first-order chi connectivity index (χ1) is 9.93. The number of aryl methyl sites for hydroxylation is 1. The molecule has 0 N–H and O–H groups in total. The Balaban J connectivity index is 2.15. The first-order valence-corrected chi connectivity index (χ1v) is 9.46. The number of benzene rings is 1. The number of sulfonamides is 1. The molecule has 0 bridgehead atoms. The SMILES string of the molecule is CCCCc1ccc(S(=O)(=O)N2CC(C)CC(C)C2)cc1. The van der Waals surface area contributed by atoms with Gasteiger partial charge in [0.15, 0.2) is 0 Å². The maximum absolute atomic E-state index is 12.7. The van der Waals surface area contributed by atoms with Crippen LogP contribution in [0.25, 0.3) is 0 Å². The van der Waals surface area contributed by atoms with Crippen LogP contribution in [-0.2, 0) is 16.4 Å². The molecule has 0 aliphatic carbocycles. The van der Waals surface area contributed by atoms with E-state index < -0.39 is 10.0 Å². The van der Waals surface area contributed by atoms with Crippen molar-refractivity contribution in [3.8, 4) is 0 Å². The minimum atomic E-state index is -3.33. The summed E-state index contributed by atoms with van der Waals surface area (Å²) in [6, 6.07) is 7.45. The fourth-order valence-corrected chi connectivity index (χ4v) is 4.84. The Bertz CT molecular complexity index is 541. The van der Waals surface area contributed by atoms with E-state index in [1.165, 1.54) is 5.56 Å². The average molecular weight is 309 g/mol. The lowest BCUT2D eigenvalue weighted by atomic mass is 9.94. The lowest BCUT2D eigenvalue weighted by Crippen LogP contribution is -2.42. The second-order valence-corrected chi connectivity index (χ2v) is 8.45. The van der Waals surface area contributed by atoms with Crippen LogP contribution in [0.3, 0.4) is 0 Å². The highest BCUT2D eigenvalue weighted by Crippen LogP contribution is 2.26. The van der Waals surface area contributed by atoms with Gasteiger partial charge in [-0.2, -0.15) is 4.31 Å². The van der Waals surface area contributed by atoms with Gasteiger partial charge in [0.25, 0.3) is 0 Å². The van der Waals surface area contributed by atoms with Gasteiger partial charge in [-0.25, -0.2) is 8.42 Å². The first kappa shape index (κ1) is 16.5. The van der Waals surface area contributed by atoms with Gasteiger partial charge in [-0.3, -0.25) is 0 Å². The van der Waals surface area contributed by atoms with Crippen LogP contribution in [0, 0.1) is 11.8 Å². The molecule has 0 saturated carbocycles. The summed E-state index contributed by atoms with van der Waals surface area (Å²) in [4.78, 5) is 0.434. The summed E-state index contributed by atoms with van der Waals surface area (Å²) >= 11 is 0. The second-order valence-electron chi connectivity index (χ2n) is 6.52. The van der Waals surface area contributed by atoms with Gasteiger partial charge in [-0.1, -0.05) is 39.3 Å². The van der Waals surface area contributed by atoms with Crippen LogP contribution in [0.1, 0.15) is 45.6 Å². The van der Waals surface area contributed by atoms with Gasteiger partial charge in [0.1, 0.15) is 0 Å². The van der Waals surface area contributed by atoms with E-state index in [1.54, 1.807) is 16.4 Å². The van der Waals surface area contributed by atoms with Gasteiger partial charge in [0.05, 0.1) is 4.90 Å². The van der Waals surface area contributed by atoms with Crippen molar-refractivity contribution in [3.63, 3.8) is 0 Å². The number of rotatable bonds is 5. The quantitative estimate of drug-likeness (QED) is 0.832. The van der Waals surface area contributed by atoms with Crippen LogP contribution >= 0.6 is 0 Å². The molecule has 0 spiro atoms. The topological polar surface area (TPSA) is 37.4 Å². The van der Waals surface area contributed by atoms with Crippen LogP contribution in [0.4, 0.5) is 0 Å². The molecule has 1 aromatic rings. The first-order valence-electron chi connectivity index (χ1n) is 8.02. The van der Waals surface area contributed by atoms with Crippen molar-refractivity contribution in [2.24, 2.45) is 11.8 Å². The van der Waals surface area contributed by atoms with Gasteiger partial charge in [-0.05, 0) is 48.8 Å². The molecule has 0 aromatic heterocycles. The predicted octanol–water partition coefficient (Wildman–Crippen LogP) is 3.70. The zero-order valence-electron chi connectivity index (χ0n) is 13.4. The molecule has 2 rings (SSSR count). The largest absolute Gasteiger partial charge is 0.243 e. The fraction of sp³-hybridized carbons (Fsp3) is 0.647. The van der Waals surface area contributed by atoms with Crippen molar-refractivity contribution >= 4 is 10.0 Å². The third-order valence-electron chi connectivity index (χ3n) is 4.22. The number of unbranched alkanes of at least 4 members (excludes halogenated alkanes) is 1. The molecule has 4 heteroatoms. The van der Waals surface area contributed by atoms with Crippen LogP contribution in [0.15, 0.2) is 29.2 Å². The third kappa shape index (κ3) is 4.07. The molecule has 1 aliphatic heterocycles. The van der Waals surface area contributed by atoms with E-state index in [1.807, 2.05) is 12.1 Å². The van der Waals surface area contributed by atoms with Crippen LogP contribution in [-0.4, -0.2) is 25.8 Å². The van der Waals surface area contributed by atoms with Crippen molar-refractivity contribution in [1.29, 1.82) is 0 Å². The Morgan fingerprint density at radius 1 is 1.10 bits per heavy atom. The van der Waals surface area contributed by atoms with Gasteiger partial charge in [0.2, 0.25) is 10.0 Å². The molecule has 21 heavy (non-hydrogen) atoms. The minimum absolute atomic E-state index is 0.434. The summed E-state index contributed by atoms with van der Waals surface area (Å²) in [6.45, 7) is 7.71. The van der Waals surface area contributed by atoms with E-state index in [4.69, 9.17) is 0 Å². The molecule has 1 heterocycles. The normalized spacial score (nSPS) is 24.1. The number of hydrogen-bond donors (Lipinski definition) is 0. The van der Waals surface area contributed by atoms with E-state index in [2.05, 4.69) is 20.8 Å². The summed E-state index contributed by atoms with van der Waals surface area (Å²) in [5, 5.41) is 0. The van der Waals surface area contributed by atoms with Crippen LogP contribution < -0.4 is 0 Å². The molecule has 3 nitrogen and oxygen atoms in total. The molecule has 0 amide bonds. The van der Waals surface area contributed by atoms with Crippen molar-refractivity contribution in [2.75, 3.05) is 13.1 Å². The Morgan fingerprint density at radius 3 is 2.19 bits per heavy atom. The Hall–Kier alpha value is -0.870. The van der Waals surface area contributed by atoms with Crippen molar-refractivity contribution in [3.05, 3.63) is 29.8 Å². The maximum Gasteiger partial charge on any atom is 0.243 e. The lowest BCUT2D eigenvalue weighted by Gasteiger charge is -2.34. The maximum atomic E-state index is 12.7. The van der Waals surface area contributed by atoms with E-state index in [0.29, 0.717) is 29.8 Å². The van der Waals surface area contributed by atoms with Gasteiger partial charge in [0, 0.05) is 13.1 Å². The molecule has 1 aromatic carbocycles. The average Bonchev–Trinajstić information content (AvgIpc) is 2.44. The molecular formula is C17H27NO2S. The zero-order chi connectivity index (χ0) is 15.5. The molecule has 1 saturated heterocycles. The summed E-state index contributed by atoms with van der Waals surface area (Å²) in [7, 11) is -3.33. The molecule has 1 fully saturated rings. The summed E-state index contributed by atoms with van der Waals surface area (Å²) in [5.74, 6) is 0.875. The lowest BCUT2D eigenvalue weighted by molar-refractivity contribution is 0.222. The molecular weight excluding hydrogens is 282 g/mol. The highest BCUT2D eigenvalue weighted by Gasteiger charge is 2.31. The standard InChI is InChI=1S/C17H27NO2S/c1-4-5-6-16-7-9-17(10-8-16)21(19,20)18-12-14(2)11-15(3)13-18/h7-10,14-15H,4-6,11-13H2,1-3H3. The predicted molar refractivity (Wildman–Crippen MR) is 86.8 cm³/mol. The van der Waals surface area contributed by atoms with Crippen LogP contribution in [0.5, 0.6) is 0 Å². The summed E-state index contributed by atoms with van der Waals surface area (Å²) < 4.78 is 27.1. The van der Waals surface area contributed by atoms with E-state index in [-0.39, 0.29) is 0 Å². The van der Waals surface area contributed by atoms with Gasteiger partial charge < -0.3 is 0 Å². The number of hydrogen-bond acceptors (Lipinski definition) is 2.